The summed E-state index contributed by atoms with van der Waals surface area (Å²) >= 11 is 1.57. The van der Waals surface area contributed by atoms with E-state index in [1.54, 1.807) is 30.3 Å². The topological polar surface area (TPSA) is 54.3 Å². The minimum absolute atomic E-state index is 0.0967. The fourth-order valence-corrected chi connectivity index (χ4v) is 3.64. The van der Waals surface area contributed by atoms with Crippen molar-refractivity contribution in [1.29, 1.82) is 0 Å². The number of rotatable bonds is 5. The largest absolute Gasteiger partial charge is 0.348 e. The minimum atomic E-state index is 0.0967. The summed E-state index contributed by atoms with van der Waals surface area (Å²) in [7, 11) is 3.55. The van der Waals surface area contributed by atoms with Gasteiger partial charge in [0.1, 0.15) is 5.01 Å². The number of thiazole rings is 1. The van der Waals surface area contributed by atoms with Crippen molar-refractivity contribution < 1.29 is 4.79 Å². The molecule has 2 aromatic heterocycles. The summed E-state index contributed by atoms with van der Waals surface area (Å²) in [6.07, 6.45) is 0.395. The van der Waals surface area contributed by atoms with Gasteiger partial charge in [-0.3, -0.25) is 14.4 Å². The molecule has 0 aliphatic carbocycles. The van der Waals surface area contributed by atoms with Gasteiger partial charge < -0.3 is 4.90 Å². The molecule has 23 heavy (non-hydrogen) atoms. The fourth-order valence-electron chi connectivity index (χ4n) is 2.86. The first-order chi connectivity index (χ1) is 10.9. The van der Waals surface area contributed by atoms with Gasteiger partial charge in [-0.2, -0.15) is 5.10 Å². The van der Waals surface area contributed by atoms with Crippen LogP contribution in [0.15, 0.2) is 11.4 Å². The Hall–Kier alpha value is -1.73. The molecule has 7 heteroatoms. The zero-order valence-corrected chi connectivity index (χ0v) is 14.9. The third kappa shape index (κ3) is 3.61. The van der Waals surface area contributed by atoms with E-state index >= 15 is 0 Å². The second-order valence-corrected chi connectivity index (χ2v) is 7.36. The average Bonchev–Trinajstić information content (AvgIpc) is 3.00. The van der Waals surface area contributed by atoms with E-state index in [1.165, 1.54) is 5.69 Å². The summed E-state index contributed by atoms with van der Waals surface area (Å²) in [6, 6.07) is 2.59. The normalized spacial score (nSPS) is 15.7. The summed E-state index contributed by atoms with van der Waals surface area (Å²) in [4.78, 5) is 20.3. The molecule has 6 nitrogen and oxygen atoms in total. The van der Waals surface area contributed by atoms with Crippen molar-refractivity contribution in [1.82, 2.24) is 24.6 Å². The van der Waals surface area contributed by atoms with Gasteiger partial charge in [0.15, 0.2) is 0 Å². The first kappa shape index (κ1) is 16.1. The van der Waals surface area contributed by atoms with Crippen LogP contribution in [0.25, 0.3) is 0 Å². The number of aromatic nitrogens is 3. The lowest BCUT2D eigenvalue weighted by Gasteiger charge is -2.39. The van der Waals surface area contributed by atoms with Crippen molar-refractivity contribution in [2.45, 2.75) is 32.9 Å². The van der Waals surface area contributed by atoms with Gasteiger partial charge in [0.25, 0.3) is 0 Å². The van der Waals surface area contributed by atoms with Gasteiger partial charge in [-0.05, 0) is 19.9 Å². The van der Waals surface area contributed by atoms with Crippen LogP contribution in [-0.4, -0.2) is 57.7 Å². The van der Waals surface area contributed by atoms with Crippen LogP contribution in [0, 0.1) is 13.8 Å². The van der Waals surface area contributed by atoms with Crippen LogP contribution < -0.4 is 0 Å². The quantitative estimate of drug-likeness (QED) is 0.835. The maximum absolute atomic E-state index is 11.7. The molecule has 0 saturated carbocycles. The Kier molecular flexibility index (Phi) is 4.50. The zero-order valence-electron chi connectivity index (χ0n) is 14.1. The fraction of sp³-hybridized carbons (Fsp3) is 0.562. The molecule has 0 bridgehead atoms. The second-order valence-electron chi connectivity index (χ2n) is 6.42. The molecule has 0 N–H and O–H groups in total. The summed E-state index contributed by atoms with van der Waals surface area (Å²) in [5, 5.41) is 7.52. The van der Waals surface area contributed by atoms with Crippen LogP contribution in [0.4, 0.5) is 0 Å². The van der Waals surface area contributed by atoms with Crippen LogP contribution >= 0.6 is 11.3 Å². The SMILES string of the molecule is Cc1cc(C)n(C2CN(Cc3csc(CC(=O)N(C)C)n3)C2)n1. The number of likely N-dealkylation sites (N-methyl/N-ethyl adjacent to an activating group) is 1. The number of aryl methyl sites for hydroxylation is 2. The van der Waals surface area contributed by atoms with Crippen molar-refractivity contribution >= 4 is 17.2 Å². The molecular weight excluding hydrogens is 310 g/mol. The lowest BCUT2D eigenvalue weighted by molar-refractivity contribution is -0.127. The molecule has 1 aliphatic heterocycles. The number of carbonyl (C=O) groups excluding carboxylic acids is 1. The molecule has 0 aromatic carbocycles. The van der Waals surface area contributed by atoms with Crippen molar-refractivity contribution in [2.24, 2.45) is 0 Å². The second kappa shape index (κ2) is 6.41. The molecular formula is C16H23N5OS. The van der Waals surface area contributed by atoms with Gasteiger partial charge in [0.05, 0.1) is 23.9 Å². The number of amides is 1. The summed E-state index contributed by atoms with van der Waals surface area (Å²) < 4.78 is 2.13. The van der Waals surface area contributed by atoms with Crippen LogP contribution in [0.5, 0.6) is 0 Å². The molecule has 3 rings (SSSR count). The van der Waals surface area contributed by atoms with E-state index in [9.17, 15) is 4.79 Å². The highest BCUT2D eigenvalue weighted by Crippen LogP contribution is 2.25. The van der Waals surface area contributed by atoms with E-state index in [2.05, 4.69) is 38.0 Å². The molecule has 0 radical (unpaired) electrons. The smallest absolute Gasteiger partial charge is 0.228 e. The minimum Gasteiger partial charge on any atom is -0.348 e. The maximum Gasteiger partial charge on any atom is 0.228 e. The lowest BCUT2D eigenvalue weighted by Crippen LogP contribution is -2.47. The molecule has 3 heterocycles. The van der Waals surface area contributed by atoms with Gasteiger partial charge in [0, 0.05) is 44.8 Å². The number of carbonyl (C=O) groups is 1. The monoisotopic (exact) mass is 333 g/mol. The molecule has 0 unspecified atom stereocenters. The Morgan fingerprint density at radius 2 is 2.13 bits per heavy atom. The van der Waals surface area contributed by atoms with Crippen molar-refractivity contribution in [3.63, 3.8) is 0 Å². The third-order valence-corrected chi connectivity index (χ3v) is 5.01. The summed E-state index contributed by atoms with van der Waals surface area (Å²) in [6.45, 7) is 7.00. The van der Waals surface area contributed by atoms with E-state index in [1.807, 2.05) is 6.92 Å². The molecule has 124 valence electrons. The van der Waals surface area contributed by atoms with Crippen LogP contribution in [0.2, 0.25) is 0 Å². The Morgan fingerprint density at radius 3 is 2.74 bits per heavy atom. The molecule has 0 atom stereocenters. The van der Waals surface area contributed by atoms with E-state index in [0.717, 1.165) is 36.0 Å². The van der Waals surface area contributed by atoms with Gasteiger partial charge in [-0.1, -0.05) is 0 Å². The molecule has 1 saturated heterocycles. The highest BCUT2D eigenvalue weighted by atomic mass is 32.1. The van der Waals surface area contributed by atoms with Gasteiger partial charge >= 0.3 is 0 Å². The molecule has 1 aliphatic rings. The zero-order chi connectivity index (χ0) is 16.6. The Balaban J connectivity index is 1.51. The number of likely N-dealkylation sites (tertiary alicyclic amines) is 1. The highest BCUT2D eigenvalue weighted by Gasteiger charge is 2.30. The first-order valence-electron chi connectivity index (χ1n) is 7.81. The van der Waals surface area contributed by atoms with E-state index < -0.39 is 0 Å². The predicted octanol–water partition coefficient (Wildman–Crippen LogP) is 1.64. The summed E-state index contributed by atoms with van der Waals surface area (Å²) in [5.41, 5.74) is 3.37. The van der Waals surface area contributed by atoms with E-state index in [4.69, 9.17) is 0 Å². The van der Waals surface area contributed by atoms with Crippen molar-refractivity contribution in [2.75, 3.05) is 27.2 Å². The predicted molar refractivity (Wildman–Crippen MR) is 90.5 cm³/mol. The molecule has 1 amide bonds. The number of nitrogens with zero attached hydrogens (tertiary/aromatic N) is 5. The van der Waals surface area contributed by atoms with Crippen LogP contribution in [0.3, 0.4) is 0 Å². The average molecular weight is 333 g/mol. The van der Waals surface area contributed by atoms with Gasteiger partial charge in [-0.15, -0.1) is 11.3 Å². The van der Waals surface area contributed by atoms with E-state index in [0.29, 0.717) is 12.5 Å². The molecule has 1 fully saturated rings. The number of hydrogen-bond donors (Lipinski definition) is 0. The summed E-state index contributed by atoms with van der Waals surface area (Å²) in [5.74, 6) is 0.0967. The van der Waals surface area contributed by atoms with Gasteiger partial charge in [-0.25, -0.2) is 4.98 Å². The van der Waals surface area contributed by atoms with Crippen LogP contribution in [-0.2, 0) is 17.8 Å². The highest BCUT2D eigenvalue weighted by molar-refractivity contribution is 7.09. The maximum atomic E-state index is 11.7. The van der Waals surface area contributed by atoms with Crippen molar-refractivity contribution in [3.8, 4) is 0 Å². The Bertz CT molecular complexity index is 699. The van der Waals surface area contributed by atoms with Gasteiger partial charge in [0.2, 0.25) is 5.91 Å². The van der Waals surface area contributed by atoms with E-state index in [-0.39, 0.29) is 5.91 Å². The third-order valence-electron chi connectivity index (χ3n) is 4.11. The lowest BCUT2D eigenvalue weighted by atomic mass is 10.1. The number of hydrogen-bond acceptors (Lipinski definition) is 5. The Morgan fingerprint density at radius 1 is 1.39 bits per heavy atom. The van der Waals surface area contributed by atoms with Crippen molar-refractivity contribution in [3.05, 3.63) is 33.5 Å². The molecule has 0 spiro atoms. The van der Waals surface area contributed by atoms with Crippen LogP contribution in [0.1, 0.15) is 28.1 Å². The Labute approximate surface area is 140 Å². The standard InChI is InChI=1S/C16H23N5OS/c1-11-5-12(2)21(18-11)14-8-20(9-14)7-13-10-23-15(17-13)6-16(22)19(3)4/h5,10,14H,6-9H2,1-4H3. The molecule has 2 aromatic rings. The first-order valence-corrected chi connectivity index (χ1v) is 8.69.